The number of benzene rings is 2. The standard InChI is InChI=1S/C21H22O4/c1-14-9-11-15(12-10-14)19(23)16-7-5-6-8-17(16)20(24)25-13-18(22)21(2,3)4/h5-12H,13H2,1-4H3. The largest absolute Gasteiger partial charge is 0.454 e. The zero-order valence-corrected chi connectivity index (χ0v) is 15.0. The van der Waals surface area contributed by atoms with Crippen LogP contribution < -0.4 is 0 Å². The Hall–Kier alpha value is -2.75. The van der Waals surface area contributed by atoms with E-state index in [0.717, 1.165) is 5.56 Å². The Morgan fingerprint density at radius 3 is 2.00 bits per heavy atom. The number of hydrogen-bond donors (Lipinski definition) is 0. The van der Waals surface area contributed by atoms with Crippen molar-refractivity contribution in [1.29, 1.82) is 0 Å². The molecule has 0 unspecified atom stereocenters. The van der Waals surface area contributed by atoms with E-state index in [1.165, 1.54) is 6.07 Å². The van der Waals surface area contributed by atoms with Crippen LogP contribution >= 0.6 is 0 Å². The second kappa shape index (κ2) is 7.43. The lowest BCUT2D eigenvalue weighted by molar-refractivity contribution is -0.129. The van der Waals surface area contributed by atoms with E-state index in [1.807, 2.05) is 19.1 Å². The number of esters is 1. The summed E-state index contributed by atoms with van der Waals surface area (Å²) in [4.78, 5) is 37.0. The van der Waals surface area contributed by atoms with Crippen molar-refractivity contribution >= 4 is 17.5 Å². The third kappa shape index (κ3) is 4.63. The number of Topliss-reactive ketones (excluding diaryl/α,β-unsaturated/α-hetero) is 1. The Balaban J connectivity index is 2.22. The Morgan fingerprint density at radius 2 is 1.44 bits per heavy atom. The van der Waals surface area contributed by atoms with Gasteiger partial charge in [0.1, 0.15) is 0 Å². The fraction of sp³-hybridized carbons (Fsp3) is 0.286. The predicted octanol–water partition coefficient (Wildman–Crippen LogP) is 4.00. The first-order valence-electron chi connectivity index (χ1n) is 8.11. The van der Waals surface area contributed by atoms with Crippen molar-refractivity contribution in [3.05, 3.63) is 70.8 Å². The number of aryl methyl sites for hydroxylation is 1. The Kier molecular flexibility index (Phi) is 5.52. The molecule has 0 aromatic heterocycles. The van der Waals surface area contributed by atoms with E-state index in [4.69, 9.17) is 4.74 Å². The number of hydrogen-bond acceptors (Lipinski definition) is 4. The third-order valence-corrected chi connectivity index (χ3v) is 3.88. The lowest BCUT2D eigenvalue weighted by atomic mass is 9.91. The van der Waals surface area contributed by atoms with Crippen molar-refractivity contribution < 1.29 is 19.1 Å². The third-order valence-electron chi connectivity index (χ3n) is 3.88. The predicted molar refractivity (Wildman–Crippen MR) is 95.8 cm³/mol. The number of carbonyl (C=O) groups excluding carboxylic acids is 3. The number of ketones is 2. The SMILES string of the molecule is Cc1ccc(C(=O)c2ccccc2C(=O)OCC(=O)C(C)(C)C)cc1. The summed E-state index contributed by atoms with van der Waals surface area (Å²) >= 11 is 0. The Labute approximate surface area is 147 Å². The molecule has 0 spiro atoms. The number of rotatable bonds is 5. The van der Waals surface area contributed by atoms with Gasteiger partial charge in [-0.3, -0.25) is 9.59 Å². The molecule has 0 bridgehead atoms. The van der Waals surface area contributed by atoms with E-state index < -0.39 is 11.4 Å². The molecular weight excluding hydrogens is 316 g/mol. The van der Waals surface area contributed by atoms with Gasteiger partial charge in [-0.15, -0.1) is 0 Å². The van der Waals surface area contributed by atoms with Gasteiger partial charge in [-0.05, 0) is 13.0 Å². The average Bonchev–Trinajstić information content (AvgIpc) is 2.58. The van der Waals surface area contributed by atoms with E-state index in [0.29, 0.717) is 5.56 Å². The summed E-state index contributed by atoms with van der Waals surface area (Å²) in [5.41, 5.74) is 1.38. The summed E-state index contributed by atoms with van der Waals surface area (Å²) in [5.74, 6) is -1.11. The maximum absolute atomic E-state index is 12.7. The maximum atomic E-state index is 12.7. The van der Waals surface area contributed by atoms with Gasteiger partial charge in [0.25, 0.3) is 0 Å². The molecule has 130 valence electrons. The van der Waals surface area contributed by atoms with Crippen LogP contribution in [0.3, 0.4) is 0 Å². The van der Waals surface area contributed by atoms with Crippen LogP contribution in [0, 0.1) is 12.3 Å². The van der Waals surface area contributed by atoms with Gasteiger partial charge < -0.3 is 4.74 Å². The molecule has 0 saturated heterocycles. The molecule has 2 aromatic carbocycles. The Bertz CT molecular complexity index is 795. The zero-order valence-electron chi connectivity index (χ0n) is 15.0. The lowest BCUT2D eigenvalue weighted by Crippen LogP contribution is -2.26. The van der Waals surface area contributed by atoms with E-state index in [-0.39, 0.29) is 29.3 Å². The van der Waals surface area contributed by atoms with Crippen molar-refractivity contribution in [2.75, 3.05) is 6.61 Å². The van der Waals surface area contributed by atoms with Crippen LogP contribution in [0.1, 0.15) is 52.6 Å². The molecule has 0 N–H and O–H groups in total. The molecule has 4 nitrogen and oxygen atoms in total. The molecule has 0 aliphatic carbocycles. The lowest BCUT2D eigenvalue weighted by Gasteiger charge is -2.16. The molecule has 0 radical (unpaired) electrons. The van der Waals surface area contributed by atoms with Crippen molar-refractivity contribution in [2.24, 2.45) is 5.41 Å². The normalized spacial score (nSPS) is 11.0. The van der Waals surface area contributed by atoms with E-state index >= 15 is 0 Å². The van der Waals surface area contributed by atoms with Gasteiger partial charge in [-0.25, -0.2) is 4.79 Å². The second-order valence-corrected chi connectivity index (χ2v) is 6.99. The van der Waals surface area contributed by atoms with Crippen molar-refractivity contribution in [2.45, 2.75) is 27.7 Å². The van der Waals surface area contributed by atoms with Gasteiger partial charge >= 0.3 is 5.97 Å². The van der Waals surface area contributed by atoms with Gasteiger partial charge in [-0.1, -0.05) is 68.8 Å². The van der Waals surface area contributed by atoms with Crippen LogP contribution in [0.25, 0.3) is 0 Å². The van der Waals surface area contributed by atoms with Gasteiger partial charge in [-0.2, -0.15) is 0 Å². The van der Waals surface area contributed by atoms with Crippen molar-refractivity contribution in [1.82, 2.24) is 0 Å². The van der Waals surface area contributed by atoms with Crippen LogP contribution in [0.5, 0.6) is 0 Å². The van der Waals surface area contributed by atoms with Crippen LogP contribution in [-0.2, 0) is 9.53 Å². The highest BCUT2D eigenvalue weighted by atomic mass is 16.5. The zero-order chi connectivity index (χ0) is 18.6. The van der Waals surface area contributed by atoms with Crippen LogP contribution in [-0.4, -0.2) is 24.1 Å². The first kappa shape index (κ1) is 18.6. The molecule has 0 amide bonds. The molecular formula is C21H22O4. The molecule has 0 atom stereocenters. The first-order chi connectivity index (χ1) is 11.7. The van der Waals surface area contributed by atoms with Crippen LogP contribution in [0.2, 0.25) is 0 Å². The Morgan fingerprint density at radius 1 is 0.880 bits per heavy atom. The minimum absolute atomic E-state index is 0.162. The highest BCUT2D eigenvalue weighted by molar-refractivity contribution is 6.14. The summed E-state index contributed by atoms with van der Waals surface area (Å²) in [6.45, 7) is 6.91. The van der Waals surface area contributed by atoms with E-state index in [1.54, 1.807) is 51.1 Å². The molecule has 0 saturated carbocycles. The molecule has 4 heteroatoms. The topological polar surface area (TPSA) is 60.4 Å². The smallest absolute Gasteiger partial charge is 0.339 e. The second-order valence-electron chi connectivity index (χ2n) is 6.99. The van der Waals surface area contributed by atoms with E-state index in [2.05, 4.69) is 0 Å². The highest BCUT2D eigenvalue weighted by Crippen LogP contribution is 2.18. The summed E-state index contributed by atoms with van der Waals surface area (Å²) in [6.07, 6.45) is 0. The fourth-order valence-electron chi connectivity index (χ4n) is 2.14. The van der Waals surface area contributed by atoms with Gasteiger partial charge in [0.2, 0.25) is 0 Å². The van der Waals surface area contributed by atoms with E-state index in [9.17, 15) is 14.4 Å². The molecule has 2 rings (SSSR count). The molecule has 0 heterocycles. The highest BCUT2D eigenvalue weighted by Gasteiger charge is 2.24. The molecule has 0 fully saturated rings. The number of ether oxygens (including phenoxy) is 1. The van der Waals surface area contributed by atoms with Gasteiger partial charge in [0, 0.05) is 16.5 Å². The van der Waals surface area contributed by atoms with Crippen LogP contribution in [0.4, 0.5) is 0 Å². The summed E-state index contributed by atoms with van der Waals surface area (Å²) in [7, 11) is 0. The quantitative estimate of drug-likeness (QED) is 0.611. The number of carbonyl (C=O) groups is 3. The monoisotopic (exact) mass is 338 g/mol. The minimum atomic E-state index is -0.673. The van der Waals surface area contributed by atoms with Crippen molar-refractivity contribution in [3.63, 3.8) is 0 Å². The summed E-state index contributed by atoms with van der Waals surface area (Å²) < 4.78 is 5.12. The molecule has 0 aliphatic rings. The summed E-state index contributed by atoms with van der Waals surface area (Å²) in [6, 6.07) is 13.6. The molecule has 0 aliphatic heterocycles. The average molecular weight is 338 g/mol. The van der Waals surface area contributed by atoms with Crippen molar-refractivity contribution in [3.8, 4) is 0 Å². The van der Waals surface area contributed by atoms with Crippen LogP contribution in [0.15, 0.2) is 48.5 Å². The minimum Gasteiger partial charge on any atom is -0.454 e. The first-order valence-corrected chi connectivity index (χ1v) is 8.11. The molecule has 2 aromatic rings. The maximum Gasteiger partial charge on any atom is 0.339 e. The van der Waals surface area contributed by atoms with Gasteiger partial charge in [0.05, 0.1) is 5.56 Å². The summed E-state index contributed by atoms with van der Waals surface area (Å²) in [5, 5.41) is 0. The van der Waals surface area contributed by atoms with Gasteiger partial charge in [0.15, 0.2) is 18.2 Å². The molecule has 25 heavy (non-hydrogen) atoms. The fourth-order valence-corrected chi connectivity index (χ4v) is 2.14.